The van der Waals surface area contributed by atoms with Gasteiger partial charge >= 0.3 is 0 Å². The van der Waals surface area contributed by atoms with Crippen molar-refractivity contribution in [2.75, 3.05) is 0 Å². The molecule has 19 aromatic rings. The Labute approximate surface area is 856 Å². The Morgan fingerprint density at radius 1 is 0.390 bits per heavy atom. The maximum Gasteiger partial charge on any atom is 0.216 e. The second kappa shape index (κ2) is 42.1. The van der Waals surface area contributed by atoms with E-state index in [0.29, 0.717) is 74.8 Å². The maximum atomic E-state index is 8.90. The van der Waals surface area contributed by atoms with Crippen molar-refractivity contribution in [3.05, 3.63) is 370 Å². The van der Waals surface area contributed by atoms with Gasteiger partial charge in [0.1, 0.15) is 0 Å². The van der Waals surface area contributed by atoms with E-state index in [2.05, 4.69) is 168 Å². The van der Waals surface area contributed by atoms with E-state index in [1.54, 1.807) is 48.7 Å². The van der Waals surface area contributed by atoms with Crippen LogP contribution in [0.2, 0.25) is 39.3 Å². The fraction of sp³-hybridized carbons (Fsp3) is 0.279. The number of aromatic nitrogens is 8. The van der Waals surface area contributed by atoms with Crippen LogP contribution in [0.4, 0.5) is 0 Å². The number of pyridine rings is 4. The van der Waals surface area contributed by atoms with Crippen LogP contribution < -0.4 is 10.4 Å². The summed E-state index contributed by atoms with van der Waals surface area (Å²) in [7, 11) is -3.51. The van der Waals surface area contributed by atoms with Crippen LogP contribution in [-0.4, -0.2) is 55.2 Å². The molecule has 10 nitrogen and oxygen atoms in total. The molecule has 0 aliphatic heterocycles. The minimum absolute atomic E-state index is 0. The number of furan rings is 2. The van der Waals surface area contributed by atoms with E-state index in [1.807, 2.05) is 230 Å². The summed E-state index contributed by atoms with van der Waals surface area (Å²) in [6, 6.07) is 95.6. The first-order valence-electron chi connectivity index (χ1n) is 53.9. The molecular weight excluding hydrogens is 2050 g/mol. The Morgan fingerprint density at radius 2 is 0.838 bits per heavy atom. The van der Waals surface area contributed by atoms with Crippen LogP contribution in [0, 0.1) is 55.7 Å². The van der Waals surface area contributed by atoms with Crippen molar-refractivity contribution in [2.45, 2.75) is 213 Å². The van der Waals surface area contributed by atoms with Gasteiger partial charge in [-0.15, -0.1) is 108 Å². The van der Waals surface area contributed by atoms with Crippen molar-refractivity contribution in [3.63, 3.8) is 0 Å². The Balaban J connectivity index is 0.000000167. The first-order chi connectivity index (χ1) is 69.9. The molecule has 0 amide bonds. The average molecular weight is 2190 g/mol. The third-order valence-electron chi connectivity index (χ3n) is 24.0. The first-order valence-corrected chi connectivity index (χ1v) is 53.4. The summed E-state index contributed by atoms with van der Waals surface area (Å²) in [6.07, 6.45) is -1.07. The first kappa shape index (κ1) is 81.5. The molecule has 698 valence electrons. The van der Waals surface area contributed by atoms with Gasteiger partial charge in [-0.3, -0.25) is 9.97 Å². The van der Waals surface area contributed by atoms with Gasteiger partial charge in [0, 0.05) is 115 Å². The normalized spacial score (nSPS) is 14.2. The Kier molecular flexibility index (Phi) is 25.2. The number of aryl methyl sites for hydroxylation is 3. The van der Waals surface area contributed by atoms with Crippen LogP contribution in [0.3, 0.4) is 0 Å². The van der Waals surface area contributed by atoms with E-state index >= 15 is 0 Å². The zero-order chi connectivity index (χ0) is 108. The maximum absolute atomic E-state index is 8.90. The number of hydrogen-bond acceptors (Lipinski definition) is 8. The molecule has 11 aromatic carbocycles. The van der Waals surface area contributed by atoms with Gasteiger partial charge in [-0.05, 0) is 181 Å². The topological polar surface area (TPSA) is 113 Å². The number of rotatable bonds is 20. The summed E-state index contributed by atoms with van der Waals surface area (Å²) >= 11 is 0. The molecule has 0 atom stereocenters. The molecule has 0 saturated carbocycles. The fourth-order valence-corrected chi connectivity index (χ4v) is 20.3. The van der Waals surface area contributed by atoms with Gasteiger partial charge in [0.25, 0.3) is 0 Å². The molecule has 0 N–H and O–H groups in total. The van der Waals surface area contributed by atoms with Gasteiger partial charge in [-0.2, -0.15) is 0 Å². The molecule has 2 radical (unpaired) electrons. The molecule has 0 aliphatic carbocycles. The van der Waals surface area contributed by atoms with Crippen molar-refractivity contribution in [2.24, 2.45) is 10.8 Å². The molecule has 0 fully saturated rings. The largest absolute Gasteiger partial charge is 0.486 e. The molecular formula is C122H128Ir2N8O2Si2-4. The van der Waals surface area contributed by atoms with Crippen LogP contribution in [-0.2, 0) is 72.4 Å². The molecule has 136 heavy (non-hydrogen) atoms. The van der Waals surface area contributed by atoms with Gasteiger partial charge in [0.15, 0.2) is 0 Å². The molecule has 8 heterocycles. The molecule has 19 rings (SSSR count). The van der Waals surface area contributed by atoms with Gasteiger partial charge in [-0.25, -0.2) is 9.97 Å². The summed E-state index contributed by atoms with van der Waals surface area (Å²) in [5.41, 5.74) is 23.3. The van der Waals surface area contributed by atoms with E-state index in [4.69, 9.17) is 49.3 Å². The zero-order valence-corrected chi connectivity index (χ0v) is 88.1. The molecule has 0 spiro atoms. The van der Waals surface area contributed by atoms with Crippen molar-refractivity contribution < 1.29 is 69.6 Å². The molecule has 8 aromatic heterocycles. The second-order valence-corrected chi connectivity index (χ2v) is 50.2. The zero-order valence-electron chi connectivity index (χ0n) is 96.3. The quantitative estimate of drug-likeness (QED) is 0.0548. The molecule has 14 heteroatoms. The van der Waals surface area contributed by atoms with E-state index in [-0.39, 0.29) is 75.1 Å². The summed E-state index contributed by atoms with van der Waals surface area (Å²) in [5.74, 6) is 2.14. The number of fused-ring (bicyclic) bond motifs is 8. The van der Waals surface area contributed by atoms with Gasteiger partial charge in [0.05, 0.1) is 66.7 Å². The van der Waals surface area contributed by atoms with E-state index in [9.17, 15) is 0 Å². The molecule has 0 aliphatic rings. The summed E-state index contributed by atoms with van der Waals surface area (Å²) in [4.78, 5) is 29.1. The van der Waals surface area contributed by atoms with Crippen LogP contribution in [0.5, 0.6) is 0 Å². The van der Waals surface area contributed by atoms with Gasteiger partial charge in [0.2, 0.25) is 11.4 Å². The number of nitrogens with zero attached hydrogens (tertiary/aromatic N) is 8. The Bertz CT molecular complexity index is 8060. The monoisotopic (exact) mass is 2190 g/mol. The van der Waals surface area contributed by atoms with E-state index < -0.39 is 66.7 Å². The standard InChI is InChI=1S/C45H40N3O.C38H34N3O.C20H28NSi.C19H26NSi.2Ir/c1-28(2)38-25-33(32-20-18-30(5)19-21-32)26-39(29(3)4)40(38)27-48-42-17-10-9-16-41(42)47-44(48)37-15-11-14-35-36-23-22-34(46-45(36)49-43(35)37)24-31-12-7-6-8-13-31;1-23(2)30-20-25(5)21-31(24(3)4)32(30)22-41-35-17-10-9-16-34(35)39-37(41)29-15-11-14-27-28-18-19-33(26-12-7-6-8-13-26)40-38(28)42-36(27)29;1-15-8-10-16(11-9-15)18-12-17(13-20(2,3)4)19(14-21-18)22(5,6)7;1-19(2,3)13-16-12-17(15-10-8-7-9-11-15)20-14-18(16)21(4,5)6;;/h6-14,16-23,25-26,28-29H,24,27H2,1-5H3;6-14,16-21,23-24H,22H2,1-5H3;8-10,12,14H,13H2,1-7H3;7-10,12,14H,13H2,1-6H3;;/q4*-1;;/i5D3,24D2;5D3;1D3,13D2;13D2;;. The van der Waals surface area contributed by atoms with E-state index in [1.165, 1.54) is 22.8 Å². The average Bonchev–Trinajstić information content (AvgIpc) is 1.58. The summed E-state index contributed by atoms with van der Waals surface area (Å²) < 4.78 is 141. The Hall–Kier alpha value is -11.7. The van der Waals surface area contributed by atoms with Crippen molar-refractivity contribution in [1.29, 1.82) is 0 Å². The van der Waals surface area contributed by atoms with Crippen molar-refractivity contribution in [3.8, 4) is 67.7 Å². The molecule has 0 bridgehead atoms. The summed E-state index contributed by atoms with van der Waals surface area (Å²) in [6.45, 7) is 36.7. The SMILES string of the molecule is [2H]C([2H])([2H])c1c[c-]c(-c2cc(C([2H])([2H])C(C)(C)C)c([Si](C)(C)C)cn2)cc1.[2H]C([2H])([2H])c1cc(C(C)C)c(Cn2c(-c3[c-]ccc4c3oc3nc(-c5ccccc5)ccc34)nc3ccccc32)c(C(C)C)c1.[2H]C([2H])([2H])c1ccc(-c2cc(C(C)C)c(Cn3c(-c4[c-]ccc5c4oc4nc(C([2H])([2H])c6ccccc6)ccc45)nc4ccccc43)c(C(C)C)c2)cc1.[2H]C([2H])(c1cc(-c2[c-]cccc2)ncc1[Si](C)(C)C)C(C)(C)C.[Ir].[Ir]. The fourth-order valence-electron chi connectivity index (χ4n) is 17.5. The second-order valence-electron chi connectivity index (χ2n) is 40.1. The Morgan fingerprint density at radius 3 is 1.29 bits per heavy atom. The van der Waals surface area contributed by atoms with Gasteiger partial charge < -0.3 is 27.9 Å². The van der Waals surface area contributed by atoms with Gasteiger partial charge in [-0.1, -0.05) is 333 Å². The van der Waals surface area contributed by atoms with E-state index in [0.717, 1.165) is 127 Å². The summed E-state index contributed by atoms with van der Waals surface area (Å²) in [5, 5.41) is 5.64. The van der Waals surface area contributed by atoms with Crippen LogP contribution >= 0.6 is 0 Å². The third-order valence-corrected chi connectivity index (χ3v) is 28.0. The van der Waals surface area contributed by atoms with Crippen LogP contribution in [0.15, 0.2) is 282 Å². The molecule has 0 saturated heterocycles. The predicted octanol–water partition coefficient (Wildman–Crippen LogP) is 31.4. The molecule has 0 unspecified atom stereocenters. The van der Waals surface area contributed by atoms with Crippen LogP contribution in [0.25, 0.3) is 134 Å². The number of hydrogen-bond donors (Lipinski definition) is 0. The minimum Gasteiger partial charge on any atom is -0.486 e. The number of para-hydroxylation sites is 4. The minimum atomic E-state index is -2.18. The van der Waals surface area contributed by atoms with Crippen molar-refractivity contribution >= 4 is 92.7 Å². The smallest absolute Gasteiger partial charge is 0.216 e. The van der Waals surface area contributed by atoms with Crippen LogP contribution in [0.1, 0.15) is 214 Å². The predicted molar refractivity (Wildman–Crippen MR) is 569 cm³/mol. The van der Waals surface area contributed by atoms with Crippen molar-refractivity contribution in [1.82, 2.24) is 39.0 Å². The number of benzene rings is 11. The third kappa shape index (κ3) is 22.9. The number of imidazole rings is 2.